The molecule has 2 N–H and O–H groups in total. The number of fused-ring (bicyclic) bond motifs is 1. The number of ketones is 1. The highest BCUT2D eigenvalue weighted by molar-refractivity contribution is 5.98. The molecule has 1 saturated heterocycles. The van der Waals surface area contributed by atoms with Crippen LogP contribution in [0.25, 0.3) is 0 Å². The van der Waals surface area contributed by atoms with Crippen molar-refractivity contribution in [1.82, 2.24) is 9.97 Å². The second-order valence-electron chi connectivity index (χ2n) is 7.53. The lowest BCUT2D eigenvalue weighted by atomic mass is 9.82. The van der Waals surface area contributed by atoms with Gasteiger partial charge in [-0.25, -0.2) is 9.97 Å². The third kappa shape index (κ3) is 4.34. The predicted molar refractivity (Wildman–Crippen MR) is 103 cm³/mol. The topological polar surface area (TPSA) is 68.5 Å². The monoisotopic (exact) mass is 367 g/mol. The minimum Gasteiger partial charge on any atom is -0.370 e. The van der Waals surface area contributed by atoms with Gasteiger partial charge < -0.3 is 15.0 Å². The number of anilines is 1. The van der Waals surface area contributed by atoms with Crippen LogP contribution < -0.4 is 10.2 Å². The van der Waals surface area contributed by atoms with E-state index in [1.54, 1.807) is 11.1 Å². The van der Waals surface area contributed by atoms with Gasteiger partial charge in [0.1, 0.15) is 13.1 Å². The van der Waals surface area contributed by atoms with Gasteiger partial charge in [0.05, 0.1) is 37.6 Å². The Balaban J connectivity index is 1.42. The maximum Gasteiger partial charge on any atom is 0.223 e. The second kappa shape index (κ2) is 8.15. The van der Waals surface area contributed by atoms with E-state index in [1.807, 2.05) is 0 Å². The molecule has 2 aliphatic rings. The third-order valence-electron chi connectivity index (χ3n) is 5.55. The molecule has 1 aromatic carbocycles. The normalized spacial score (nSPS) is 20.3. The number of carbonyl (C=O) groups is 1. The maximum absolute atomic E-state index is 12.6. The molecule has 0 saturated carbocycles. The zero-order valence-electron chi connectivity index (χ0n) is 15.8. The number of nitrogens with one attached hydrogen (secondary N) is 2. The number of rotatable bonds is 5. The summed E-state index contributed by atoms with van der Waals surface area (Å²) in [6, 6.07) is 8.47. The lowest BCUT2D eigenvalue weighted by molar-refractivity contribution is -0.906. The van der Waals surface area contributed by atoms with Gasteiger partial charge in [-0.15, -0.1) is 0 Å². The van der Waals surface area contributed by atoms with Crippen LogP contribution >= 0.6 is 0 Å². The van der Waals surface area contributed by atoms with E-state index >= 15 is 0 Å². The SMILES string of the molecule is Cc1ccc([C@H]2CC(=O)c3cnc(NCC[NH+]4CCOCC4)nc3C2)cc1. The minimum atomic E-state index is 0.145. The molecule has 0 radical (unpaired) electrons. The van der Waals surface area contributed by atoms with Crippen molar-refractivity contribution in [3.8, 4) is 0 Å². The Labute approximate surface area is 160 Å². The van der Waals surface area contributed by atoms with E-state index in [-0.39, 0.29) is 11.7 Å². The molecule has 6 heteroatoms. The molecule has 0 amide bonds. The van der Waals surface area contributed by atoms with E-state index in [2.05, 4.69) is 46.5 Å². The van der Waals surface area contributed by atoms with E-state index in [0.29, 0.717) is 17.9 Å². The van der Waals surface area contributed by atoms with Crippen LogP contribution in [0.15, 0.2) is 30.5 Å². The highest BCUT2D eigenvalue weighted by Gasteiger charge is 2.28. The van der Waals surface area contributed by atoms with Crippen LogP contribution in [0.4, 0.5) is 5.95 Å². The Morgan fingerprint density at radius 3 is 2.74 bits per heavy atom. The van der Waals surface area contributed by atoms with Crippen molar-refractivity contribution < 1.29 is 14.4 Å². The zero-order chi connectivity index (χ0) is 18.6. The highest BCUT2D eigenvalue weighted by atomic mass is 16.5. The van der Waals surface area contributed by atoms with Crippen LogP contribution in [0.2, 0.25) is 0 Å². The van der Waals surface area contributed by atoms with Gasteiger partial charge in [-0.3, -0.25) is 4.79 Å². The molecule has 1 aliphatic heterocycles. The van der Waals surface area contributed by atoms with Crippen molar-refractivity contribution >= 4 is 11.7 Å². The molecule has 2 aromatic rings. The number of Topliss-reactive ketones (excluding diaryl/α,β-unsaturated/α-hetero) is 1. The molecule has 1 aromatic heterocycles. The molecular weight excluding hydrogens is 340 g/mol. The summed E-state index contributed by atoms with van der Waals surface area (Å²) in [5, 5.41) is 3.32. The fraction of sp³-hybridized carbons (Fsp3) is 0.476. The van der Waals surface area contributed by atoms with Crippen LogP contribution in [-0.2, 0) is 11.2 Å². The zero-order valence-corrected chi connectivity index (χ0v) is 15.8. The summed E-state index contributed by atoms with van der Waals surface area (Å²) < 4.78 is 5.39. The first-order chi connectivity index (χ1) is 13.2. The van der Waals surface area contributed by atoms with Crippen LogP contribution in [0, 0.1) is 6.92 Å². The average Bonchev–Trinajstić information content (AvgIpc) is 2.69. The molecule has 1 aliphatic carbocycles. The second-order valence-corrected chi connectivity index (χ2v) is 7.53. The van der Waals surface area contributed by atoms with Crippen molar-refractivity contribution in [2.45, 2.75) is 25.7 Å². The number of hydrogen-bond donors (Lipinski definition) is 2. The Bertz CT molecular complexity index is 800. The fourth-order valence-corrected chi connectivity index (χ4v) is 3.87. The van der Waals surface area contributed by atoms with Crippen molar-refractivity contribution in [2.24, 2.45) is 0 Å². The number of nitrogens with zero attached hydrogens (tertiary/aromatic N) is 2. The highest BCUT2D eigenvalue weighted by Crippen LogP contribution is 2.32. The molecule has 4 rings (SSSR count). The molecule has 1 fully saturated rings. The van der Waals surface area contributed by atoms with Gasteiger partial charge in [-0.2, -0.15) is 0 Å². The quantitative estimate of drug-likeness (QED) is 0.826. The van der Waals surface area contributed by atoms with E-state index in [4.69, 9.17) is 4.74 Å². The largest absolute Gasteiger partial charge is 0.370 e. The summed E-state index contributed by atoms with van der Waals surface area (Å²) in [6.07, 6.45) is 3.02. The summed E-state index contributed by atoms with van der Waals surface area (Å²) in [6.45, 7) is 7.71. The van der Waals surface area contributed by atoms with E-state index < -0.39 is 0 Å². The molecule has 0 spiro atoms. The van der Waals surface area contributed by atoms with Gasteiger partial charge in [-0.05, 0) is 24.8 Å². The molecule has 6 nitrogen and oxygen atoms in total. The van der Waals surface area contributed by atoms with E-state index in [1.165, 1.54) is 11.1 Å². The number of hydrogen-bond acceptors (Lipinski definition) is 5. The van der Waals surface area contributed by atoms with Crippen molar-refractivity contribution in [3.05, 3.63) is 52.8 Å². The van der Waals surface area contributed by atoms with Crippen molar-refractivity contribution in [2.75, 3.05) is 44.7 Å². The third-order valence-corrected chi connectivity index (χ3v) is 5.55. The van der Waals surface area contributed by atoms with Crippen molar-refractivity contribution in [3.63, 3.8) is 0 Å². The predicted octanol–water partition coefficient (Wildman–Crippen LogP) is 1.02. The number of quaternary nitrogens is 1. The summed E-state index contributed by atoms with van der Waals surface area (Å²) in [7, 11) is 0. The molecule has 0 bridgehead atoms. The Hall–Kier alpha value is -2.31. The number of ether oxygens (including phenoxy) is 1. The van der Waals surface area contributed by atoms with Crippen LogP contribution in [-0.4, -0.2) is 55.1 Å². The van der Waals surface area contributed by atoms with Gasteiger partial charge in [0, 0.05) is 12.6 Å². The molecule has 0 unspecified atom stereocenters. The molecule has 2 heterocycles. The average molecular weight is 367 g/mol. The lowest BCUT2D eigenvalue weighted by Gasteiger charge is -2.24. The number of aryl methyl sites for hydroxylation is 1. The van der Waals surface area contributed by atoms with Crippen LogP contribution in [0.1, 0.15) is 39.5 Å². The van der Waals surface area contributed by atoms with Gasteiger partial charge in [0.2, 0.25) is 5.95 Å². The van der Waals surface area contributed by atoms with Gasteiger partial charge >= 0.3 is 0 Å². The van der Waals surface area contributed by atoms with Crippen molar-refractivity contribution in [1.29, 1.82) is 0 Å². The van der Waals surface area contributed by atoms with E-state index in [9.17, 15) is 4.79 Å². The number of morpholine rings is 1. The maximum atomic E-state index is 12.6. The van der Waals surface area contributed by atoms with Gasteiger partial charge in [0.15, 0.2) is 5.78 Å². The van der Waals surface area contributed by atoms with Crippen LogP contribution in [0.3, 0.4) is 0 Å². The smallest absolute Gasteiger partial charge is 0.223 e. The molecular formula is C21H27N4O2+. The lowest BCUT2D eigenvalue weighted by Crippen LogP contribution is -3.14. The van der Waals surface area contributed by atoms with Gasteiger partial charge in [-0.1, -0.05) is 29.8 Å². The number of carbonyl (C=O) groups excluding carboxylic acids is 1. The first-order valence-corrected chi connectivity index (χ1v) is 9.80. The Kier molecular flexibility index (Phi) is 5.45. The molecule has 142 valence electrons. The Morgan fingerprint density at radius 1 is 1.19 bits per heavy atom. The molecule has 1 atom stereocenters. The summed E-state index contributed by atoms with van der Waals surface area (Å²) >= 11 is 0. The minimum absolute atomic E-state index is 0.145. The fourth-order valence-electron chi connectivity index (χ4n) is 3.87. The first kappa shape index (κ1) is 18.1. The van der Waals surface area contributed by atoms with Gasteiger partial charge in [0.25, 0.3) is 0 Å². The Morgan fingerprint density at radius 2 is 1.96 bits per heavy atom. The van der Waals surface area contributed by atoms with Crippen LogP contribution in [0.5, 0.6) is 0 Å². The number of benzene rings is 1. The number of aromatic nitrogens is 2. The van der Waals surface area contributed by atoms with E-state index in [0.717, 1.165) is 51.5 Å². The first-order valence-electron chi connectivity index (χ1n) is 9.80. The summed E-state index contributed by atoms with van der Waals surface area (Å²) in [4.78, 5) is 23.1. The molecule has 27 heavy (non-hydrogen) atoms. The summed E-state index contributed by atoms with van der Waals surface area (Å²) in [5.41, 5.74) is 4.00. The standard InChI is InChI=1S/C21H26N4O2/c1-15-2-4-16(5-3-15)17-12-19-18(20(26)13-17)14-23-21(24-19)22-6-7-25-8-10-27-11-9-25/h2-5,14,17H,6-13H2,1H3,(H,22,23,24)/p+1/t17-/m1/s1. The summed E-state index contributed by atoms with van der Waals surface area (Å²) in [5.74, 6) is 0.969.